The van der Waals surface area contributed by atoms with Crippen LogP contribution in [0, 0.1) is 0 Å². The average molecular weight is 195 g/mol. The van der Waals surface area contributed by atoms with E-state index in [1.165, 1.54) is 0 Å². The van der Waals surface area contributed by atoms with Gasteiger partial charge in [0, 0.05) is 0 Å². The minimum absolute atomic E-state index is 0.454. The van der Waals surface area contributed by atoms with Gasteiger partial charge in [0.25, 0.3) is 0 Å². The molecule has 0 saturated heterocycles. The van der Waals surface area contributed by atoms with Crippen molar-refractivity contribution in [3.8, 4) is 0 Å². The molecule has 0 fully saturated rings. The third-order valence-electron chi connectivity index (χ3n) is 2.05. The number of aliphatic hydroxyl groups excluding tert-OH is 1. The van der Waals surface area contributed by atoms with E-state index < -0.39 is 18.1 Å². The third kappa shape index (κ3) is 2.10. The molecule has 4 heteroatoms. The monoisotopic (exact) mass is 195 g/mol. The lowest BCUT2D eigenvalue weighted by molar-refractivity contribution is -0.138. The van der Waals surface area contributed by atoms with Gasteiger partial charge in [-0.1, -0.05) is 24.3 Å². The molecule has 0 amide bonds. The zero-order valence-corrected chi connectivity index (χ0v) is 7.84. The van der Waals surface area contributed by atoms with Crippen LogP contribution in [0.4, 0.5) is 0 Å². The lowest BCUT2D eigenvalue weighted by atomic mass is 9.98. The fraction of sp³-hybridized carbons (Fsp3) is 0.300. The van der Waals surface area contributed by atoms with Crippen LogP contribution >= 0.6 is 0 Å². The number of rotatable bonds is 3. The summed E-state index contributed by atoms with van der Waals surface area (Å²) in [5, 5.41) is 18.1. The predicted octanol–water partition coefficient (Wildman–Crippen LogP) is 0.824. The number of aliphatic hydroxyl groups is 1. The first-order valence-electron chi connectivity index (χ1n) is 4.29. The summed E-state index contributed by atoms with van der Waals surface area (Å²) in [5.74, 6) is -1.10. The van der Waals surface area contributed by atoms with E-state index in [0.29, 0.717) is 11.1 Å². The molecular formula is C10H13NO3. The molecule has 2 atom stereocenters. The number of hydrogen-bond donors (Lipinski definition) is 3. The molecule has 2 unspecified atom stereocenters. The number of nitrogens with two attached hydrogens (primary N) is 1. The Hall–Kier alpha value is -1.39. The Bertz CT molecular complexity index is 336. The van der Waals surface area contributed by atoms with E-state index in [4.69, 9.17) is 10.8 Å². The number of carbonyl (C=O) groups is 1. The maximum absolute atomic E-state index is 10.7. The Balaban J connectivity index is 3.13. The molecule has 0 saturated carbocycles. The lowest BCUT2D eigenvalue weighted by Gasteiger charge is -2.14. The highest BCUT2D eigenvalue weighted by Crippen LogP contribution is 2.22. The lowest BCUT2D eigenvalue weighted by Crippen LogP contribution is -2.22. The Morgan fingerprint density at radius 3 is 2.29 bits per heavy atom. The van der Waals surface area contributed by atoms with Crippen LogP contribution in [-0.2, 0) is 4.79 Å². The molecule has 76 valence electrons. The van der Waals surface area contributed by atoms with Crippen molar-refractivity contribution >= 4 is 5.97 Å². The van der Waals surface area contributed by atoms with Gasteiger partial charge in [0.15, 0.2) is 0 Å². The average Bonchev–Trinajstić information content (AvgIpc) is 2.16. The van der Waals surface area contributed by atoms with Crippen LogP contribution < -0.4 is 5.73 Å². The van der Waals surface area contributed by atoms with Gasteiger partial charge in [0.05, 0.1) is 6.10 Å². The summed E-state index contributed by atoms with van der Waals surface area (Å²) in [6.07, 6.45) is -0.711. The van der Waals surface area contributed by atoms with Crippen LogP contribution in [0.5, 0.6) is 0 Å². The second-order valence-corrected chi connectivity index (χ2v) is 3.12. The summed E-state index contributed by atoms with van der Waals surface area (Å²) in [6.45, 7) is 1.58. The minimum Gasteiger partial charge on any atom is -0.480 e. The van der Waals surface area contributed by atoms with E-state index in [-0.39, 0.29) is 0 Å². The SMILES string of the molecule is CC(O)c1ccccc1C(N)C(=O)O. The van der Waals surface area contributed by atoms with Crippen molar-refractivity contribution in [2.75, 3.05) is 0 Å². The molecule has 0 aliphatic rings. The van der Waals surface area contributed by atoms with Gasteiger partial charge in [0.2, 0.25) is 0 Å². The predicted molar refractivity (Wildman–Crippen MR) is 51.6 cm³/mol. The first-order valence-corrected chi connectivity index (χ1v) is 4.29. The fourth-order valence-corrected chi connectivity index (χ4v) is 1.31. The number of hydrogen-bond acceptors (Lipinski definition) is 3. The molecule has 0 aliphatic carbocycles. The van der Waals surface area contributed by atoms with Crippen molar-refractivity contribution in [2.24, 2.45) is 5.73 Å². The molecule has 0 aliphatic heterocycles. The maximum Gasteiger partial charge on any atom is 0.325 e. The Labute approximate surface area is 82.0 Å². The Kier molecular flexibility index (Phi) is 3.22. The molecular weight excluding hydrogens is 182 g/mol. The van der Waals surface area contributed by atoms with Gasteiger partial charge in [-0.3, -0.25) is 4.79 Å². The second kappa shape index (κ2) is 4.21. The van der Waals surface area contributed by atoms with Gasteiger partial charge in [-0.25, -0.2) is 0 Å². The van der Waals surface area contributed by atoms with Crippen LogP contribution in [0.1, 0.15) is 30.2 Å². The van der Waals surface area contributed by atoms with Gasteiger partial charge in [0.1, 0.15) is 6.04 Å². The van der Waals surface area contributed by atoms with Crippen molar-refractivity contribution in [2.45, 2.75) is 19.1 Å². The van der Waals surface area contributed by atoms with E-state index in [0.717, 1.165) is 0 Å². The minimum atomic E-state index is -1.10. The highest BCUT2D eigenvalue weighted by molar-refractivity contribution is 5.75. The molecule has 0 bridgehead atoms. The van der Waals surface area contributed by atoms with E-state index in [1.807, 2.05) is 0 Å². The number of aliphatic carboxylic acids is 1. The Morgan fingerprint density at radius 1 is 1.36 bits per heavy atom. The fourth-order valence-electron chi connectivity index (χ4n) is 1.31. The van der Waals surface area contributed by atoms with Crippen molar-refractivity contribution < 1.29 is 15.0 Å². The summed E-state index contributed by atoms with van der Waals surface area (Å²) in [4.78, 5) is 10.7. The first kappa shape index (κ1) is 10.7. The molecule has 1 aromatic rings. The summed E-state index contributed by atoms with van der Waals surface area (Å²) in [7, 11) is 0. The van der Waals surface area contributed by atoms with Crippen molar-refractivity contribution in [1.29, 1.82) is 0 Å². The molecule has 1 aromatic carbocycles. The van der Waals surface area contributed by atoms with E-state index >= 15 is 0 Å². The second-order valence-electron chi connectivity index (χ2n) is 3.12. The summed E-state index contributed by atoms with van der Waals surface area (Å²) >= 11 is 0. The summed E-state index contributed by atoms with van der Waals surface area (Å²) < 4.78 is 0. The molecule has 14 heavy (non-hydrogen) atoms. The van der Waals surface area contributed by atoms with Gasteiger partial charge in [-0.15, -0.1) is 0 Å². The van der Waals surface area contributed by atoms with Gasteiger partial charge < -0.3 is 15.9 Å². The topological polar surface area (TPSA) is 83.5 Å². The number of carboxylic acid groups (broad SMARTS) is 1. The smallest absolute Gasteiger partial charge is 0.325 e. The third-order valence-corrected chi connectivity index (χ3v) is 2.05. The van der Waals surface area contributed by atoms with Gasteiger partial charge in [-0.05, 0) is 18.1 Å². The highest BCUT2D eigenvalue weighted by Gasteiger charge is 2.18. The maximum atomic E-state index is 10.7. The quantitative estimate of drug-likeness (QED) is 0.666. The molecule has 0 heterocycles. The molecule has 0 aromatic heterocycles. The van der Waals surface area contributed by atoms with Crippen LogP contribution in [0.15, 0.2) is 24.3 Å². The molecule has 4 N–H and O–H groups in total. The van der Waals surface area contributed by atoms with E-state index in [1.54, 1.807) is 31.2 Å². The summed E-state index contributed by atoms with van der Waals surface area (Å²) in [6, 6.07) is 5.63. The molecule has 1 rings (SSSR count). The number of carboxylic acids is 1. The van der Waals surface area contributed by atoms with Crippen LogP contribution in [0.25, 0.3) is 0 Å². The molecule has 0 radical (unpaired) electrons. The normalized spacial score (nSPS) is 14.8. The zero-order valence-electron chi connectivity index (χ0n) is 7.84. The van der Waals surface area contributed by atoms with Crippen LogP contribution in [-0.4, -0.2) is 16.2 Å². The van der Waals surface area contributed by atoms with Gasteiger partial charge in [-0.2, -0.15) is 0 Å². The van der Waals surface area contributed by atoms with Crippen molar-refractivity contribution in [3.05, 3.63) is 35.4 Å². The largest absolute Gasteiger partial charge is 0.480 e. The van der Waals surface area contributed by atoms with Crippen molar-refractivity contribution in [1.82, 2.24) is 0 Å². The van der Waals surface area contributed by atoms with E-state index in [2.05, 4.69) is 0 Å². The van der Waals surface area contributed by atoms with Gasteiger partial charge >= 0.3 is 5.97 Å². The summed E-state index contributed by atoms with van der Waals surface area (Å²) in [5.41, 5.74) is 6.48. The number of benzene rings is 1. The molecule has 4 nitrogen and oxygen atoms in total. The highest BCUT2D eigenvalue weighted by atomic mass is 16.4. The molecule has 0 spiro atoms. The van der Waals surface area contributed by atoms with Crippen LogP contribution in [0.2, 0.25) is 0 Å². The zero-order chi connectivity index (χ0) is 10.7. The van der Waals surface area contributed by atoms with E-state index in [9.17, 15) is 9.90 Å². The standard InChI is InChI=1S/C10H13NO3/c1-6(12)7-4-2-3-5-8(7)9(11)10(13)14/h2-6,9,12H,11H2,1H3,(H,13,14). The van der Waals surface area contributed by atoms with Crippen molar-refractivity contribution in [3.63, 3.8) is 0 Å². The van der Waals surface area contributed by atoms with Crippen LogP contribution in [0.3, 0.4) is 0 Å². The first-order chi connectivity index (χ1) is 6.54. The Morgan fingerprint density at radius 2 is 1.86 bits per heavy atom.